The van der Waals surface area contributed by atoms with Gasteiger partial charge in [-0.1, -0.05) is 36.4 Å². The van der Waals surface area contributed by atoms with E-state index in [0.29, 0.717) is 0 Å². The molecule has 0 aliphatic carbocycles. The molecular formula is C23H22N4. The van der Waals surface area contributed by atoms with Crippen molar-refractivity contribution >= 4 is 33.7 Å². The van der Waals surface area contributed by atoms with Gasteiger partial charge in [-0.3, -0.25) is 4.98 Å². The van der Waals surface area contributed by atoms with Crippen LogP contribution >= 0.6 is 0 Å². The third kappa shape index (κ3) is 2.69. The van der Waals surface area contributed by atoms with Gasteiger partial charge in [-0.05, 0) is 30.7 Å². The van der Waals surface area contributed by atoms with Crippen molar-refractivity contribution in [1.82, 2.24) is 14.5 Å². The Morgan fingerprint density at radius 3 is 2.74 bits per heavy atom. The van der Waals surface area contributed by atoms with E-state index in [1.54, 1.807) is 0 Å². The number of hydrogen-bond donors (Lipinski definition) is 0. The molecule has 5 rings (SSSR count). The number of para-hydroxylation sites is 1. The fourth-order valence-corrected chi connectivity index (χ4v) is 3.95. The van der Waals surface area contributed by atoms with Crippen LogP contribution in [0.3, 0.4) is 0 Å². The van der Waals surface area contributed by atoms with Crippen molar-refractivity contribution in [2.24, 2.45) is 7.05 Å². The number of imidazole rings is 1. The van der Waals surface area contributed by atoms with E-state index in [2.05, 4.69) is 78.2 Å². The number of rotatable bonds is 3. The van der Waals surface area contributed by atoms with Crippen LogP contribution in [0.4, 0.5) is 5.69 Å². The second-order valence-corrected chi connectivity index (χ2v) is 7.23. The summed E-state index contributed by atoms with van der Waals surface area (Å²) in [6, 6.07) is 16.9. The van der Waals surface area contributed by atoms with Gasteiger partial charge < -0.3 is 9.47 Å². The quantitative estimate of drug-likeness (QED) is 0.548. The van der Waals surface area contributed by atoms with E-state index in [-0.39, 0.29) is 0 Å². The molecule has 0 saturated heterocycles. The smallest absolute Gasteiger partial charge is 0.110 e. The fourth-order valence-electron chi connectivity index (χ4n) is 3.95. The Bertz CT molecular complexity index is 1190. The average molecular weight is 354 g/mol. The van der Waals surface area contributed by atoms with Gasteiger partial charge in [-0.25, -0.2) is 4.98 Å². The lowest BCUT2D eigenvalue weighted by Gasteiger charge is -2.23. The third-order valence-electron chi connectivity index (χ3n) is 5.50. The molecule has 1 aliphatic rings. The van der Waals surface area contributed by atoms with Crippen LogP contribution in [0.25, 0.3) is 28.0 Å². The SMILES string of the molecule is CN1CC=Cc2c1ccc1c2nc(CCc2ccc3ccccc3n2)n1C. The van der Waals surface area contributed by atoms with Crippen LogP contribution < -0.4 is 4.90 Å². The first-order valence-corrected chi connectivity index (χ1v) is 9.41. The molecule has 27 heavy (non-hydrogen) atoms. The number of hydrogen-bond acceptors (Lipinski definition) is 3. The van der Waals surface area contributed by atoms with Gasteiger partial charge >= 0.3 is 0 Å². The molecule has 0 amide bonds. The molecule has 0 bridgehead atoms. The first-order chi connectivity index (χ1) is 13.2. The van der Waals surface area contributed by atoms with Gasteiger partial charge in [0.1, 0.15) is 5.82 Å². The average Bonchev–Trinajstić information content (AvgIpc) is 3.03. The monoisotopic (exact) mass is 354 g/mol. The Hall–Kier alpha value is -3.14. The molecule has 3 heterocycles. The predicted molar refractivity (Wildman–Crippen MR) is 112 cm³/mol. The van der Waals surface area contributed by atoms with E-state index >= 15 is 0 Å². The van der Waals surface area contributed by atoms with Crippen molar-refractivity contribution in [3.8, 4) is 0 Å². The van der Waals surface area contributed by atoms with Gasteiger partial charge in [0.15, 0.2) is 0 Å². The maximum absolute atomic E-state index is 4.99. The van der Waals surface area contributed by atoms with Gasteiger partial charge in [-0.2, -0.15) is 0 Å². The van der Waals surface area contributed by atoms with Crippen molar-refractivity contribution in [1.29, 1.82) is 0 Å². The number of pyridine rings is 1. The van der Waals surface area contributed by atoms with Crippen molar-refractivity contribution in [2.75, 3.05) is 18.5 Å². The van der Waals surface area contributed by atoms with Crippen molar-refractivity contribution < 1.29 is 0 Å². The summed E-state index contributed by atoms with van der Waals surface area (Å²) in [4.78, 5) is 12.1. The molecule has 4 nitrogen and oxygen atoms in total. The maximum Gasteiger partial charge on any atom is 0.110 e. The van der Waals surface area contributed by atoms with Gasteiger partial charge in [0.05, 0.1) is 16.6 Å². The second-order valence-electron chi connectivity index (χ2n) is 7.23. The van der Waals surface area contributed by atoms with E-state index in [1.165, 1.54) is 22.2 Å². The lowest BCUT2D eigenvalue weighted by atomic mass is 10.1. The minimum absolute atomic E-state index is 0.880. The van der Waals surface area contributed by atoms with Crippen LogP contribution in [0.15, 0.2) is 54.6 Å². The molecule has 0 fully saturated rings. The molecule has 134 valence electrons. The zero-order valence-corrected chi connectivity index (χ0v) is 15.7. The highest BCUT2D eigenvalue weighted by atomic mass is 15.1. The third-order valence-corrected chi connectivity index (χ3v) is 5.50. The minimum Gasteiger partial charge on any atom is -0.370 e. The van der Waals surface area contributed by atoms with Crippen molar-refractivity contribution in [3.05, 3.63) is 71.7 Å². The second kappa shape index (κ2) is 6.23. The molecule has 0 unspecified atom stereocenters. The van der Waals surface area contributed by atoms with Gasteiger partial charge in [-0.15, -0.1) is 0 Å². The molecule has 2 aromatic carbocycles. The lowest BCUT2D eigenvalue weighted by Crippen LogP contribution is -2.20. The molecule has 0 atom stereocenters. The molecule has 4 heteroatoms. The van der Waals surface area contributed by atoms with Crippen LogP contribution in [0.1, 0.15) is 17.1 Å². The van der Waals surface area contributed by atoms with Crippen LogP contribution in [0.2, 0.25) is 0 Å². The Labute approximate surface area is 158 Å². The standard InChI is InChI=1S/C23H22N4/c1-26-15-5-7-18-20(26)12-13-21-23(18)25-22(27(21)2)14-11-17-10-9-16-6-3-4-8-19(16)24-17/h3-10,12-13H,11,14-15H2,1-2H3. The highest BCUT2D eigenvalue weighted by Crippen LogP contribution is 2.32. The summed E-state index contributed by atoms with van der Waals surface area (Å²) in [5.74, 6) is 1.11. The Morgan fingerprint density at radius 2 is 1.81 bits per heavy atom. The molecule has 0 N–H and O–H groups in total. The van der Waals surface area contributed by atoms with E-state index in [9.17, 15) is 0 Å². The molecule has 2 aromatic heterocycles. The highest BCUT2D eigenvalue weighted by Gasteiger charge is 2.17. The fraction of sp³-hybridized carbons (Fsp3) is 0.217. The molecule has 0 spiro atoms. The topological polar surface area (TPSA) is 34.0 Å². The Kier molecular flexibility index (Phi) is 3.71. The predicted octanol–water partition coefficient (Wildman–Crippen LogP) is 4.37. The van der Waals surface area contributed by atoms with Gasteiger partial charge in [0, 0.05) is 49.4 Å². The van der Waals surface area contributed by atoms with Crippen LogP contribution in [-0.4, -0.2) is 28.1 Å². The number of benzene rings is 2. The number of aromatic nitrogens is 3. The van der Waals surface area contributed by atoms with E-state index in [0.717, 1.165) is 41.9 Å². The largest absolute Gasteiger partial charge is 0.370 e. The summed E-state index contributed by atoms with van der Waals surface area (Å²) < 4.78 is 2.22. The van der Waals surface area contributed by atoms with Crippen LogP contribution in [-0.2, 0) is 19.9 Å². The molecule has 4 aromatic rings. The molecule has 0 radical (unpaired) electrons. The molecule has 1 aliphatic heterocycles. The number of nitrogens with zero attached hydrogens (tertiary/aromatic N) is 4. The summed E-state index contributed by atoms with van der Waals surface area (Å²) in [6.45, 7) is 0.950. The summed E-state index contributed by atoms with van der Waals surface area (Å²) in [6.07, 6.45) is 6.18. The number of fused-ring (bicyclic) bond motifs is 4. The summed E-state index contributed by atoms with van der Waals surface area (Å²) >= 11 is 0. The summed E-state index contributed by atoms with van der Waals surface area (Å²) in [7, 11) is 4.24. The molecular weight excluding hydrogens is 332 g/mol. The van der Waals surface area contributed by atoms with E-state index in [1.807, 2.05) is 6.07 Å². The van der Waals surface area contributed by atoms with Gasteiger partial charge in [0.2, 0.25) is 0 Å². The Balaban J connectivity index is 1.48. The summed E-state index contributed by atoms with van der Waals surface area (Å²) in [5, 5.41) is 1.19. The number of anilines is 1. The number of aryl methyl sites for hydroxylation is 3. The first kappa shape index (κ1) is 16.1. The zero-order valence-electron chi connectivity index (χ0n) is 15.7. The Morgan fingerprint density at radius 1 is 0.926 bits per heavy atom. The minimum atomic E-state index is 0.880. The van der Waals surface area contributed by atoms with Gasteiger partial charge in [0.25, 0.3) is 0 Å². The van der Waals surface area contributed by atoms with E-state index in [4.69, 9.17) is 9.97 Å². The van der Waals surface area contributed by atoms with E-state index < -0.39 is 0 Å². The number of likely N-dealkylation sites (N-methyl/N-ethyl adjacent to an activating group) is 1. The van der Waals surface area contributed by atoms with Crippen molar-refractivity contribution in [3.63, 3.8) is 0 Å². The van der Waals surface area contributed by atoms with Crippen LogP contribution in [0.5, 0.6) is 0 Å². The maximum atomic E-state index is 4.99. The molecule has 0 saturated carbocycles. The lowest BCUT2D eigenvalue weighted by molar-refractivity contribution is 0.778. The first-order valence-electron chi connectivity index (χ1n) is 9.41. The van der Waals surface area contributed by atoms with Crippen LogP contribution in [0, 0.1) is 0 Å². The van der Waals surface area contributed by atoms with Crippen molar-refractivity contribution in [2.45, 2.75) is 12.8 Å². The summed E-state index contributed by atoms with van der Waals surface area (Å²) in [5.41, 5.74) is 6.94. The highest BCUT2D eigenvalue weighted by molar-refractivity contribution is 5.93. The normalized spacial score (nSPS) is 13.5. The zero-order chi connectivity index (χ0) is 18.4.